The van der Waals surface area contributed by atoms with Gasteiger partial charge in [-0.05, 0) is 62.3 Å². The van der Waals surface area contributed by atoms with Crippen LogP contribution >= 0.6 is 0 Å². The van der Waals surface area contributed by atoms with Crippen molar-refractivity contribution in [3.05, 3.63) is 65.2 Å². The lowest BCUT2D eigenvalue weighted by molar-refractivity contribution is 0.414. The quantitative estimate of drug-likeness (QED) is 0.851. The maximum atomic E-state index is 12.8. The van der Waals surface area contributed by atoms with Gasteiger partial charge in [0.25, 0.3) is 0 Å². The SMILES string of the molecule is CN[C@@H]1C[C@H]1c1ccc(F)c(F)c1.CN[C@@H]1C[C@H]1c1ccc(OC)cc1. The average Bonchev–Trinajstić information content (AvgIpc) is 3.58. The van der Waals surface area contributed by atoms with E-state index in [0.717, 1.165) is 23.7 Å². The molecule has 0 saturated heterocycles. The fourth-order valence-electron chi connectivity index (χ4n) is 3.36. The minimum absolute atomic E-state index is 0.361. The van der Waals surface area contributed by atoms with Gasteiger partial charge in [0.05, 0.1) is 7.11 Å². The molecule has 2 saturated carbocycles. The normalized spacial score (nSPS) is 25.9. The summed E-state index contributed by atoms with van der Waals surface area (Å²) in [7, 11) is 5.60. The first-order valence-corrected chi connectivity index (χ1v) is 9.00. The molecule has 0 aromatic heterocycles. The highest BCUT2D eigenvalue weighted by Crippen LogP contribution is 2.41. The smallest absolute Gasteiger partial charge is 0.159 e. The van der Waals surface area contributed by atoms with Crippen LogP contribution in [0.1, 0.15) is 35.8 Å². The maximum Gasteiger partial charge on any atom is 0.159 e. The third-order valence-electron chi connectivity index (χ3n) is 5.24. The van der Waals surface area contributed by atoms with Crippen molar-refractivity contribution in [2.45, 2.75) is 36.8 Å². The summed E-state index contributed by atoms with van der Waals surface area (Å²) in [5.74, 6) is 0.492. The van der Waals surface area contributed by atoms with E-state index in [1.165, 1.54) is 24.1 Å². The number of hydrogen-bond acceptors (Lipinski definition) is 3. The molecule has 0 unspecified atom stereocenters. The van der Waals surface area contributed by atoms with Gasteiger partial charge in [-0.15, -0.1) is 0 Å². The van der Waals surface area contributed by atoms with E-state index in [-0.39, 0.29) is 0 Å². The summed E-state index contributed by atoms with van der Waals surface area (Å²) in [6.07, 6.45) is 2.28. The monoisotopic (exact) mass is 360 g/mol. The molecule has 2 aliphatic carbocycles. The number of benzene rings is 2. The highest BCUT2D eigenvalue weighted by Gasteiger charge is 2.37. The van der Waals surface area contributed by atoms with Crippen LogP contribution in [0, 0.1) is 11.6 Å². The lowest BCUT2D eigenvalue weighted by atomic mass is 10.1. The molecule has 0 amide bonds. The van der Waals surface area contributed by atoms with Gasteiger partial charge < -0.3 is 15.4 Å². The molecule has 140 valence electrons. The fourth-order valence-corrected chi connectivity index (χ4v) is 3.36. The number of nitrogens with one attached hydrogen (secondary N) is 2. The molecule has 26 heavy (non-hydrogen) atoms. The van der Waals surface area contributed by atoms with E-state index in [4.69, 9.17) is 4.74 Å². The van der Waals surface area contributed by atoms with Crippen LogP contribution in [-0.2, 0) is 0 Å². The summed E-state index contributed by atoms with van der Waals surface area (Å²) >= 11 is 0. The van der Waals surface area contributed by atoms with Crippen molar-refractivity contribution in [3.8, 4) is 5.75 Å². The molecule has 0 bridgehead atoms. The molecule has 4 rings (SSSR count). The molecule has 0 spiro atoms. The first kappa shape index (κ1) is 18.8. The molecular formula is C21H26F2N2O. The maximum absolute atomic E-state index is 12.8. The van der Waals surface area contributed by atoms with Gasteiger partial charge in [-0.3, -0.25) is 0 Å². The summed E-state index contributed by atoms with van der Waals surface area (Å²) in [6.45, 7) is 0. The first-order chi connectivity index (χ1) is 12.6. The molecule has 0 aliphatic heterocycles. The summed E-state index contributed by atoms with van der Waals surface area (Å²) < 4.78 is 30.5. The Balaban J connectivity index is 0.000000151. The standard InChI is InChI=1S/C11H15NO.C10H11F2N/c1-12-11-7-10(11)8-3-5-9(13-2)6-4-8;1-13-10-5-7(10)6-2-3-8(11)9(12)4-6/h3-6,10-12H,7H2,1-2H3;2-4,7,10,13H,5H2,1H3/t10-,11+;7-,10+/m00/s1. The Hall–Kier alpha value is -1.98. The zero-order chi connectivity index (χ0) is 18.7. The van der Waals surface area contributed by atoms with Crippen molar-refractivity contribution in [2.75, 3.05) is 21.2 Å². The number of halogens is 2. The summed E-state index contributed by atoms with van der Waals surface area (Å²) in [5.41, 5.74) is 2.30. The third-order valence-corrected chi connectivity index (χ3v) is 5.24. The second-order valence-electron chi connectivity index (χ2n) is 6.92. The number of ether oxygens (including phenoxy) is 1. The van der Waals surface area contributed by atoms with Crippen LogP contribution in [-0.4, -0.2) is 33.3 Å². The van der Waals surface area contributed by atoms with Gasteiger partial charge in [0, 0.05) is 23.9 Å². The molecular weight excluding hydrogens is 334 g/mol. The summed E-state index contributed by atoms with van der Waals surface area (Å²) in [4.78, 5) is 0. The van der Waals surface area contributed by atoms with Crippen molar-refractivity contribution in [1.82, 2.24) is 10.6 Å². The van der Waals surface area contributed by atoms with Crippen LogP contribution < -0.4 is 15.4 Å². The van der Waals surface area contributed by atoms with E-state index >= 15 is 0 Å². The molecule has 2 aromatic rings. The van der Waals surface area contributed by atoms with Crippen LogP contribution in [0.2, 0.25) is 0 Å². The second-order valence-corrected chi connectivity index (χ2v) is 6.92. The Morgan fingerprint density at radius 1 is 0.808 bits per heavy atom. The van der Waals surface area contributed by atoms with Crippen molar-refractivity contribution >= 4 is 0 Å². The first-order valence-electron chi connectivity index (χ1n) is 9.00. The van der Waals surface area contributed by atoms with Crippen LogP contribution in [0.4, 0.5) is 8.78 Å². The molecule has 2 fully saturated rings. The van der Waals surface area contributed by atoms with E-state index in [2.05, 4.69) is 22.8 Å². The highest BCUT2D eigenvalue weighted by molar-refractivity contribution is 5.33. The Morgan fingerprint density at radius 2 is 1.35 bits per heavy atom. The van der Waals surface area contributed by atoms with Crippen LogP contribution in [0.15, 0.2) is 42.5 Å². The Morgan fingerprint density at radius 3 is 1.81 bits per heavy atom. The minimum atomic E-state index is -0.773. The van der Waals surface area contributed by atoms with Gasteiger partial charge >= 0.3 is 0 Å². The summed E-state index contributed by atoms with van der Waals surface area (Å²) in [5, 5.41) is 6.39. The summed E-state index contributed by atoms with van der Waals surface area (Å²) in [6, 6.07) is 13.6. The zero-order valence-electron chi connectivity index (χ0n) is 15.4. The number of methoxy groups -OCH3 is 1. The van der Waals surface area contributed by atoms with E-state index in [1.54, 1.807) is 13.2 Å². The van der Waals surface area contributed by atoms with Gasteiger partial charge in [-0.1, -0.05) is 18.2 Å². The van der Waals surface area contributed by atoms with E-state index in [9.17, 15) is 8.78 Å². The van der Waals surface area contributed by atoms with Crippen molar-refractivity contribution in [2.24, 2.45) is 0 Å². The molecule has 2 aliphatic rings. The molecule has 2 aromatic carbocycles. The molecule has 5 heteroatoms. The van der Waals surface area contributed by atoms with Crippen molar-refractivity contribution in [1.29, 1.82) is 0 Å². The molecule has 4 atom stereocenters. The number of likely N-dealkylation sites (N-methyl/N-ethyl adjacent to an activating group) is 2. The second kappa shape index (κ2) is 8.14. The van der Waals surface area contributed by atoms with Gasteiger partial charge in [0.2, 0.25) is 0 Å². The third kappa shape index (κ3) is 4.40. The van der Waals surface area contributed by atoms with Crippen LogP contribution in [0.3, 0.4) is 0 Å². The van der Waals surface area contributed by atoms with Crippen LogP contribution in [0.5, 0.6) is 5.75 Å². The Kier molecular flexibility index (Phi) is 5.89. The topological polar surface area (TPSA) is 33.3 Å². The molecule has 2 N–H and O–H groups in total. The lowest BCUT2D eigenvalue weighted by Crippen LogP contribution is -2.10. The van der Waals surface area contributed by atoms with Crippen LogP contribution in [0.25, 0.3) is 0 Å². The Bertz CT molecular complexity index is 735. The van der Waals surface area contributed by atoms with Crippen molar-refractivity contribution < 1.29 is 13.5 Å². The predicted molar refractivity (Wildman–Crippen MR) is 99.8 cm³/mol. The van der Waals surface area contributed by atoms with Gasteiger partial charge in [-0.25, -0.2) is 8.78 Å². The average molecular weight is 360 g/mol. The Labute approximate surface area is 153 Å². The highest BCUT2D eigenvalue weighted by atomic mass is 19.2. The largest absolute Gasteiger partial charge is 0.497 e. The molecule has 3 nitrogen and oxygen atoms in total. The number of rotatable bonds is 5. The van der Waals surface area contributed by atoms with Gasteiger partial charge in [0.1, 0.15) is 5.75 Å². The minimum Gasteiger partial charge on any atom is -0.497 e. The predicted octanol–water partition coefficient (Wildman–Crippen LogP) is 3.81. The lowest BCUT2D eigenvalue weighted by Gasteiger charge is -2.02. The zero-order valence-corrected chi connectivity index (χ0v) is 15.4. The van der Waals surface area contributed by atoms with Gasteiger partial charge in [0.15, 0.2) is 11.6 Å². The van der Waals surface area contributed by atoms with E-state index < -0.39 is 11.6 Å². The van der Waals surface area contributed by atoms with Crippen molar-refractivity contribution in [3.63, 3.8) is 0 Å². The van der Waals surface area contributed by atoms with E-state index in [1.807, 2.05) is 26.2 Å². The fraction of sp³-hybridized carbons (Fsp3) is 0.429. The van der Waals surface area contributed by atoms with E-state index in [0.29, 0.717) is 18.0 Å². The number of hydrogen-bond donors (Lipinski definition) is 2. The van der Waals surface area contributed by atoms with Gasteiger partial charge in [-0.2, -0.15) is 0 Å². The molecule has 0 heterocycles. The molecule has 0 radical (unpaired) electrons.